The Morgan fingerprint density at radius 1 is 0.771 bits per heavy atom. The molecule has 4 aromatic rings. The summed E-state index contributed by atoms with van der Waals surface area (Å²) in [6.07, 6.45) is 0. The van der Waals surface area contributed by atoms with E-state index in [1.54, 1.807) is 0 Å². The van der Waals surface area contributed by atoms with E-state index in [0.29, 0.717) is 5.92 Å². The number of thioether (sulfide) groups is 1. The van der Waals surface area contributed by atoms with Gasteiger partial charge in [0.2, 0.25) is 0 Å². The van der Waals surface area contributed by atoms with Crippen molar-refractivity contribution < 1.29 is 0 Å². The van der Waals surface area contributed by atoms with Crippen LogP contribution in [0.1, 0.15) is 53.1 Å². The van der Waals surface area contributed by atoms with Crippen LogP contribution in [-0.2, 0) is 0 Å². The maximum Gasteiger partial charge on any atom is 0.0974 e. The lowest BCUT2D eigenvalue weighted by atomic mass is 10.0. The van der Waals surface area contributed by atoms with Gasteiger partial charge in [-0.25, -0.2) is 4.99 Å². The minimum absolute atomic E-state index is 0.561. The molecule has 0 aromatic heterocycles. The van der Waals surface area contributed by atoms with E-state index in [-0.39, 0.29) is 0 Å². The second-order valence-electron chi connectivity index (χ2n) is 9.72. The van der Waals surface area contributed by atoms with Gasteiger partial charge in [-0.05, 0) is 60.9 Å². The highest BCUT2D eigenvalue weighted by Crippen LogP contribution is 2.35. The van der Waals surface area contributed by atoms with Crippen molar-refractivity contribution in [2.75, 3.05) is 12.3 Å². The minimum Gasteiger partial charge on any atom is -0.282 e. The Balaban J connectivity index is 1.48. The van der Waals surface area contributed by atoms with Crippen LogP contribution >= 0.6 is 11.8 Å². The molecular weight excluding hydrogens is 444 g/mol. The molecule has 5 rings (SSSR count). The van der Waals surface area contributed by atoms with Gasteiger partial charge in [-0.3, -0.25) is 4.99 Å². The van der Waals surface area contributed by atoms with Gasteiger partial charge >= 0.3 is 0 Å². The first-order chi connectivity index (χ1) is 16.9. The van der Waals surface area contributed by atoms with E-state index in [1.807, 2.05) is 11.8 Å². The van der Waals surface area contributed by atoms with Crippen LogP contribution in [0.4, 0.5) is 5.69 Å². The Bertz CT molecular complexity index is 1430. The zero-order chi connectivity index (χ0) is 24.5. The fraction of sp³-hybridized carbons (Fsp3) is 0.250. The summed E-state index contributed by atoms with van der Waals surface area (Å²) in [7, 11) is 0. The molecule has 0 spiro atoms. The van der Waals surface area contributed by atoms with Crippen molar-refractivity contribution in [3.05, 3.63) is 106 Å². The molecule has 0 fully saturated rings. The van der Waals surface area contributed by atoms with Crippen molar-refractivity contribution >= 4 is 39.6 Å². The third kappa shape index (κ3) is 4.70. The van der Waals surface area contributed by atoms with Crippen molar-refractivity contribution in [1.29, 1.82) is 0 Å². The van der Waals surface area contributed by atoms with E-state index in [9.17, 15) is 0 Å². The van der Waals surface area contributed by atoms with Crippen LogP contribution in [0, 0.1) is 20.8 Å². The van der Waals surface area contributed by atoms with Crippen LogP contribution in [0.15, 0.2) is 87.7 Å². The molecule has 0 bridgehead atoms. The van der Waals surface area contributed by atoms with Crippen LogP contribution in [0.25, 0.3) is 10.8 Å². The monoisotopic (exact) mass is 476 g/mol. The molecule has 0 atom stereocenters. The predicted octanol–water partition coefficient (Wildman–Crippen LogP) is 8.60. The fourth-order valence-corrected chi connectivity index (χ4v) is 5.74. The van der Waals surface area contributed by atoms with Crippen molar-refractivity contribution in [2.45, 2.75) is 45.4 Å². The van der Waals surface area contributed by atoms with Crippen LogP contribution < -0.4 is 0 Å². The second kappa shape index (κ2) is 9.83. The van der Waals surface area contributed by atoms with Gasteiger partial charge in [0.15, 0.2) is 0 Å². The summed E-state index contributed by atoms with van der Waals surface area (Å²) in [5.41, 5.74) is 10.5. The molecule has 0 saturated carbocycles. The first-order valence-electron chi connectivity index (χ1n) is 12.4. The maximum absolute atomic E-state index is 5.26. The quantitative estimate of drug-likeness (QED) is 0.202. The Morgan fingerprint density at radius 3 is 2.03 bits per heavy atom. The van der Waals surface area contributed by atoms with Gasteiger partial charge in [0.1, 0.15) is 0 Å². The van der Waals surface area contributed by atoms with Gasteiger partial charge in [-0.1, -0.05) is 80.1 Å². The normalized spacial score (nSPS) is 15.1. The van der Waals surface area contributed by atoms with Crippen LogP contribution in [0.5, 0.6) is 0 Å². The number of hydrogen-bond donors (Lipinski definition) is 0. The Kier molecular flexibility index (Phi) is 6.62. The molecule has 3 heteroatoms. The fourth-order valence-electron chi connectivity index (χ4n) is 4.99. The lowest BCUT2D eigenvalue weighted by Gasteiger charge is -2.10. The average molecular weight is 477 g/mol. The Morgan fingerprint density at radius 2 is 1.40 bits per heavy atom. The molecule has 4 aromatic carbocycles. The SMILES string of the molecule is Cc1cc(C)c(N=C2C(=NCCSc3ccc(C(C)C)cc3)c3cccc4cccc2c34)c(C)c1. The highest BCUT2D eigenvalue weighted by molar-refractivity contribution is 7.99. The van der Waals surface area contributed by atoms with Crippen molar-refractivity contribution in [3.8, 4) is 0 Å². The number of nitrogens with zero attached hydrogens (tertiary/aromatic N) is 2. The van der Waals surface area contributed by atoms with E-state index in [0.717, 1.165) is 29.4 Å². The standard InChI is InChI=1S/C32H32N2S/c1-20(2)24-12-14-26(15-13-24)35-17-16-33-31-27-10-6-8-25-9-7-11-28(29(25)27)32(31)34-30-22(4)18-21(3)19-23(30)5/h6-15,18-20H,16-17H2,1-5H3. The van der Waals surface area contributed by atoms with E-state index in [2.05, 4.69) is 107 Å². The zero-order valence-corrected chi connectivity index (χ0v) is 22.0. The van der Waals surface area contributed by atoms with Crippen molar-refractivity contribution in [3.63, 3.8) is 0 Å². The number of hydrogen-bond acceptors (Lipinski definition) is 3. The lowest BCUT2D eigenvalue weighted by Crippen LogP contribution is -2.12. The molecular formula is C32H32N2S. The number of rotatable bonds is 6. The van der Waals surface area contributed by atoms with E-state index >= 15 is 0 Å². The largest absolute Gasteiger partial charge is 0.282 e. The van der Waals surface area contributed by atoms with Crippen LogP contribution in [0.2, 0.25) is 0 Å². The van der Waals surface area contributed by atoms with Gasteiger partial charge < -0.3 is 0 Å². The molecule has 1 aliphatic rings. The Hall–Kier alpha value is -3.17. The van der Waals surface area contributed by atoms with Gasteiger partial charge in [-0.2, -0.15) is 0 Å². The average Bonchev–Trinajstić information content (AvgIpc) is 3.13. The zero-order valence-electron chi connectivity index (χ0n) is 21.2. The van der Waals surface area contributed by atoms with Gasteiger partial charge in [-0.15, -0.1) is 11.8 Å². The molecule has 2 nitrogen and oxygen atoms in total. The molecule has 0 aliphatic heterocycles. The molecule has 0 radical (unpaired) electrons. The minimum atomic E-state index is 0.561. The third-order valence-corrected chi connectivity index (χ3v) is 7.67. The summed E-state index contributed by atoms with van der Waals surface area (Å²) < 4.78 is 0. The van der Waals surface area contributed by atoms with Gasteiger partial charge in [0.25, 0.3) is 0 Å². The van der Waals surface area contributed by atoms with E-state index in [1.165, 1.54) is 49.0 Å². The third-order valence-electron chi connectivity index (χ3n) is 6.67. The van der Waals surface area contributed by atoms with Crippen molar-refractivity contribution in [2.24, 2.45) is 9.98 Å². The first kappa shape index (κ1) is 23.6. The molecule has 35 heavy (non-hydrogen) atoms. The summed E-state index contributed by atoms with van der Waals surface area (Å²) >= 11 is 1.87. The highest BCUT2D eigenvalue weighted by atomic mass is 32.2. The molecule has 1 aliphatic carbocycles. The molecule has 0 saturated heterocycles. The van der Waals surface area contributed by atoms with E-state index in [4.69, 9.17) is 9.98 Å². The predicted molar refractivity (Wildman–Crippen MR) is 153 cm³/mol. The summed E-state index contributed by atoms with van der Waals surface area (Å²) in [5.74, 6) is 1.50. The topological polar surface area (TPSA) is 24.7 Å². The van der Waals surface area contributed by atoms with Gasteiger partial charge in [0.05, 0.1) is 17.1 Å². The molecule has 176 valence electrons. The smallest absolute Gasteiger partial charge is 0.0974 e. The summed E-state index contributed by atoms with van der Waals surface area (Å²) in [4.78, 5) is 11.7. The number of aryl methyl sites for hydroxylation is 3. The van der Waals surface area contributed by atoms with Crippen LogP contribution in [0.3, 0.4) is 0 Å². The maximum atomic E-state index is 5.26. The summed E-state index contributed by atoms with van der Waals surface area (Å²) in [6, 6.07) is 26.4. The molecule has 0 unspecified atom stereocenters. The number of benzene rings is 4. The van der Waals surface area contributed by atoms with Crippen molar-refractivity contribution in [1.82, 2.24) is 0 Å². The van der Waals surface area contributed by atoms with Crippen LogP contribution in [-0.4, -0.2) is 23.7 Å². The number of aliphatic imine (C=N–C) groups is 2. The summed E-state index contributed by atoms with van der Waals surface area (Å²) in [6.45, 7) is 11.7. The molecule has 0 amide bonds. The summed E-state index contributed by atoms with van der Waals surface area (Å²) in [5, 5.41) is 2.52. The lowest BCUT2D eigenvalue weighted by molar-refractivity contribution is 0.865. The Labute approximate surface area is 213 Å². The van der Waals surface area contributed by atoms with E-state index < -0.39 is 0 Å². The second-order valence-corrected chi connectivity index (χ2v) is 10.9. The molecule has 0 N–H and O–H groups in total. The van der Waals surface area contributed by atoms with Gasteiger partial charge in [0, 0.05) is 33.7 Å². The highest BCUT2D eigenvalue weighted by Gasteiger charge is 2.27. The first-order valence-corrected chi connectivity index (χ1v) is 13.4. The molecule has 0 heterocycles.